The van der Waals surface area contributed by atoms with Crippen LogP contribution in [0.1, 0.15) is 11.1 Å². The first kappa shape index (κ1) is 17.8. The molecule has 0 aliphatic carbocycles. The molecule has 5 heteroatoms. The molecule has 0 radical (unpaired) electrons. The Kier molecular flexibility index (Phi) is 6.59. The van der Waals surface area contributed by atoms with Gasteiger partial charge in [-0.05, 0) is 52.5 Å². The van der Waals surface area contributed by atoms with Gasteiger partial charge in [-0.15, -0.1) is 0 Å². The van der Waals surface area contributed by atoms with Crippen LogP contribution in [0.15, 0.2) is 64.8 Å². The molecule has 0 fully saturated rings. The molecule has 4 nitrogen and oxygen atoms in total. The highest BCUT2D eigenvalue weighted by molar-refractivity contribution is 9.10. The van der Waals surface area contributed by atoms with Crippen LogP contribution in [0.25, 0.3) is 0 Å². The van der Waals surface area contributed by atoms with Crippen LogP contribution >= 0.6 is 15.9 Å². The highest BCUT2D eigenvalue weighted by Gasteiger charge is 2.08. The number of nitrogens with zero attached hydrogens (tertiary/aromatic N) is 1. The number of rotatable bonds is 6. The van der Waals surface area contributed by atoms with Gasteiger partial charge in [0.05, 0.1) is 5.69 Å². The zero-order valence-electron chi connectivity index (χ0n) is 13.3. The highest BCUT2D eigenvalue weighted by atomic mass is 79.9. The topological polar surface area (TPSA) is 64.9 Å². The predicted molar refractivity (Wildman–Crippen MR) is 99.4 cm³/mol. The Labute approximate surface area is 150 Å². The summed E-state index contributed by atoms with van der Waals surface area (Å²) in [6.07, 6.45) is 2.15. The third-order valence-electron chi connectivity index (χ3n) is 3.40. The molecule has 2 aromatic carbocycles. The van der Waals surface area contributed by atoms with E-state index in [-0.39, 0.29) is 11.5 Å². The summed E-state index contributed by atoms with van der Waals surface area (Å²) in [7, 11) is 0. The lowest BCUT2D eigenvalue weighted by Crippen LogP contribution is -2.27. The monoisotopic (exact) mass is 383 g/mol. The van der Waals surface area contributed by atoms with Gasteiger partial charge in [-0.1, -0.05) is 36.4 Å². The van der Waals surface area contributed by atoms with Crippen LogP contribution in [0, 0.1) is 18.3 Å². The average molecular weight is 384 g/mol. The average Bonchev–Trinajstić information content (AvgIpc) is 2.58. The van der Waals surface area contributed by atoms with Gasteiger partial charge in [0.1, 0.15) is 11.6 Å². The van der Waals surface area contributed by atoms with E-state index < -0.39 is 0 Å². The summed E-state index contributed by atoms with van der Waals surface area (Å²) in [5.74, 6) is -0.385. The van der Waals surface area contributed by atoms with E-state index in [1.165, 1.54) is 6.20 Å². The molecule has 0 aromatic heterocycles. The number of benzene rings is 2. The molecule has 2 rings (SSSR count). The zero-order chi connectivity index (χ0) is 17.4. The van der Waals surface area contributed by atoms with Crippen molar-refractivity contribution in [2.24, 2.45) is 0 Å². The lowest BCUT2D eigenvalue weighted by atomic mass is 10.1. The number of nitriles is 1. The van der Waals surface area contributed by atoms with Crippen molar-refractivity contribution < 1.29 is 4.79 Å². The van der Waals surface area contributed by atoms with Crippen molar-refractivity contribution in [3.05, 3.63) is 75.9 Å². The molecule has 24 heavy (non-hydrogen) atoms. The van der Waals surface area contributed by atoms with Crippen molar-refractivity contribution in [3.8, 4) is 6.07 Å². The van der Waals surface area contributed by atoms with E-state index in [9.17, 15) is 10.1 Å². The van der Waals surface area contributed by atoms with Gasteiger partial charge < -0.3 is 10.6 Å². The summed E-state index contributed by atoms with van der Waals surface area (Å²) in [4.78, 5) is 12.1. The Morgan fingerprint density at radius 2 is 2.00 bits per heavy atom. The van der Waals surface area contributed by atoms with E-state index in [2.05, 4.69) is 26.6 Å². The lowest BCUT2D eigenvalue weighted by molar-refractivity contribution is -0.117. The van der Waals surface area contributed by atoms with Gasteiger partial charge in [0.15, 0.2) is 0 Å². The van der Waals surface area contributed by atoms with Crippen LogP contribution in [0.4, 0.5) is 5.69 Å². The number of carbonyl (C=O) groups is 1. The molecule has 0 saturated carbocycles. The Balaban J connectivity index is 1.92. The Morgan fingerprint density at radius 3 is 2.67 bits per heavy atom. The molecule has 0 bridgehead atoms. The summed E-state index contributed by atoms with van der Waals surface area (Å²) < 4.78 is 0.875. The lowest BCUT2D eigenvalue weighted by Gasteiger charge is -2.07. The fraction of sp³-hybridized carbons (Fsp3) is 0.158. The SMILES string of the molecule is Cc1ccc(N/C=C(/C#N)C(=O)NCCc2ccccc2)c(Br)c1. The van der Waals surface area contributed by atoms with Crippen molar-refractivity contribution in [2.75, 3.05) is 11.9 Å². The van der Waals surface area contributed by atoms with Crippen molar-refractivity contribution in [1.29, 1.82) is 5.26 Å². The smallest absolute Gasteiger partial charge is 0.263 e. The van der Waals surface area contributed by atoms with Crippen LogP contribution in [-0.4, -0.2) is 12.5 Å². The molecule has 0 aliphatic heterocycles. The molecular weight excluding hydrogens is 366 g/mol. The van der Waals surface area contributed by atoms with Crippen molar-refractivity contribution in [1.82, 2.24) is 5.32 Å². The summed E-state index contributed by atoms with van der Waals surface area (Å²) in [6.45, 7) is 2.47. The van der Waals surface area contributed by atoms with Crippen molar-refractivity contribution in [2.45, 2.75) is 13.3 Å². The number of hydrogen-bond acceptors (Lipinski definition) is 3. The maximum absolute atomic E-state index is 12.1. The molecule has 122 valence electrons. The molecule has 0 unspecified atom stereocenters. The minimum absolute atomic E-state index is 0.0375. The molecule has 0 atom stereocenters. The summed E-state index contributed by atoms with van der Waals surface area (Å²) in [5, 5.41) is 14.9. The highest BCUT2D eigenvalue weighted by Crippen LogP contribution is 2.23. The van der Waals surface area contributed by atoms with Crippen molar-refractivity contribution >= 4 is 27.5 Å². The maximum atomic E-state index is 12.1. The molecule has 2 N–H and O–H groups in total. The summed E-state index contributed by atoms with van der Waals surface area (Å²) in [6, 6.07) is 17.6. The Hall–Kier alpha value is -2.58. The normalized spacial score (nSPS) is 10.8. The van der Waals surface area contributed by atoms with Gasteiger partial charge >= 0.3 is 0 Å². The van der Waals surface area contributed by atoms with Crippen LogP contribution in [0.3, 0.4) is 0 Å². The predicted octanol–water partition coefficient (Wildman–Crippen LogP) is 3.94. The molecule has 1 amide bonds. The first-order chi connectivity index (χ1) is 11.6. The Bertz CT molecular complexity index is 779. The molecule has 0 aliphatic rings. The Morgan fingerprint density at radius 1 is 1.25 bits per heavy atom. The second-order valence-electron chi connectivity index (χ2n) is 5.29. The van der Waals surface area contributed by atoms with Crippen LogP contribution in [-0.2, 0) is 11.2 Å². The van der Waals surface area contributed by atoms with Gasteiger partial charge in [0.2, 0.25) is 0 Å². The minimum atomic E-state index is -0.385. The number of carbonyl (C=O) groups excluding carboxylic acids is 1. The van der Waals surface area contributed by atoms with Crippen LogP contribution in [0.2, 0.25) is 0 Å². The van der Waals surface area contributed by atoms with Gasteiger partial charge in [-0.25, -0.2) is 0 Å². The number of nitrogens with one attached hydrogen (secondary N) is 2. The molecular formula is C19H18BrN3O. The zero-order valence-corrected chi connectivity index (χ0v) is 14.9. The van der Waals surface area contributed by atoms with E-state index in [0.717, 1.165) is 27.7 Å². The van der Waals surface area contributed by atoms with Gasteiger partial charge in [-0.3, -0.25) is 4.79 Å². The van der Waals surface area contributed by atoms with Gasteiger partial charge in [0.25, 0.3) is 5.91 Å². The first-order valence-corrected chi connectivity index (χ1v) is 8.34. The molecule has 0 spiro atoms. The number of anilines is 1. The van der Waals surface area contributed by atoms with Gasteiger partial charge in [-0.2, -0.15) is 5.26 Å². The third-order valence-corrected chi connectivity index (χ3v) is 4.06. The number of hydrogen-bond donors (Lipinski definition) is 2. The molecule has 2 aromatic rings. The van der Waals surface area contributed by atoms with E-state index >= 15 is 0 Å². The molecule has 0 heterocycles. The second kappa shape index (κ2) is 8.90. The maximum Gasteiger partial charge on any atom is 0.263 e. The van der Waals surface area contributed by atoms with Crippen molar-refractivity contribution in [3.63, 3.8) is 0 Å². The number of halogens is 1. The van der Waals surface area contributed by atoms with E-state index in [0.29, 0.717) is 6.54 Å². The standard InChI is InChI=1S/C19H18BrN3O/c1-14-7-8-18(17(20)11-14)23-13-16(12-21)19(24)22-10-9-15-5-3-2-4-6-15/h2-8,11,13,23H,9-10H2,1H3,(H,22,24)/b16-13-. The fourth-order valence-corrected chi connectivity index (χ4v) is 2.70. The van der Waals surface area contributed by atoms with Crippen LogP contribution in [0.5, 0.6) is 0 Å². The molecule has 0 saturated heterocycles. The van der Waals surface area contributed by atoms with E-state index in [1.807, 2.05) is 61.5 Å². The van der Waals surface area contributed by atoms with E-state index in [4.69, 9.17) is 0 Å². The summed E-state index contributed by atoms with van der Waals surface area (Å²) >= 11 is 3.45. The largest absolute Gasteiger partial charge is 0.359 e. The number of amides is 1. The third kappa shape index (κ3) is 5.25. The minimum Gasteiger partial charge on any atom is -0.359 e. The fourth-order valence-electron chi connectivity index (χ4n) is 2.10. The van der Waals surface area contributed by atoms with Crippen LogP contribution < -0.4 is 10.6 Å². The van der Waals surface area contributed by atoms with Gasteiger partial charge in [0, 0.05) is 17.2 Å². The first-order valence-electron chi connectivity index (χ1n) is 7.55. The summed E-state index contributed by atoms with van der Waals surface area (Å²) in [5.41, 5.74) is 3.10. The van der Waals surface area contributed by atoms with E-state index in [1.54, 1.807) is 0 Å². The number of aryl methyl sites for hydroxylation is 1. The quantitative estimate of drug-likeness (QED) is 0.586. The second-order valence-corrected chi connectivity index (χ2v) is 6.14.